The molecule has 0 bridgehead atoms. The summed E-state index contributed by atoms with van der Waals surface area (Å²) in [5.41, 5.74) is 6.03. The van der Waals surface area contributed by atoms with Crippen molar-refractivity contribution in [3.8, 4) is 11.5 Å². The summed E-state index contributed by atoms with van der Waals surface area (Å²) in [6, 6.07) is 3.08. The van der Waals surface area contributed by atoms with Crippen molar-refractivity contribution >= 4 is 21.6 Å². The van der Waals surface area contributed by atoms with Crippen LogP contribution in [0.3, 0.4) is 0 Å². The lowest BCUT2D eigenvalue weighted by Crippen LogP contribution is -1.92. The highest BCUT2D eigenvalue weighted by molar-refractivity contribution is 9.10. The van der Waals surface area contributed by atoms with Gasteiger partial charge in [0.25, 0.3) is 0 Å². The quantitative estimate of drug-likeness (QED) is 0.557. The van der Waals surface area contributed by atoms with Gasteiger partial charge in [-0.1, -0.05) is 0 Å². The van der Waals surface area contributed by atoms with Crippen LogP contribution >= 0.6 is 15.9 Å². The normalized spacial score (nSPS) is 9.64. The summed E-state index contributed by atoms with van der Waals surface area (Å²) >= 11 is 3.14. The predicted molar refractivity (Wildman–Crippen MR) is 46.8 cm³/mol. The van der Waals surface area contributed by atoms with E-state index in [1.165, 1.54) is 13.2 Å². The maximum absolute atomic E-state index is 9.17. The number of phenolic OH excluding ortho intramolecular Hbond substituents is 1. The van der Waals surface area contributed by atoms with Crippen molar-refractivity contribution in [2.45, 2.75) is 0 Å². The molecule has 3 N–H and O–H groups in total. The number of nitrogen functional groups attached to an aromatic ring is 1. The van der Waals surface area contributed by atoms with Crippen molar-refractivity contribution < 1.29 is 9.84 Å². The molecule has 0 unspecified atom stereocenters. The first-order valence-electron chi connectivity index (χ1n) is 2.97. The van der Waals surface area contributed by atoms with E-state index in [9.17, 15) is 5.11 Å². The van der Waals surface area contributed by atoms with Crippen LogP contribution in [0.4, 0.5) is 5.69 Å². The van der Waals surface area contributed by atoms with Crippen LogP contribution in [0.25, 0.3) is 0 Å². The molecule has 0 aliphatic carbocycles. The molecule has 0 radical (unpaired) electrons. The summed E-state index contributed by atoms with van der Waals surface area (Å²) in [6.45, 7) is 0. The minimum Gasteiger partial charge on any atom is -0.507 e. The Kier molecular flexibility index (Phi) is 2.24. The van der Waals surface area contributed by atoms with Crippen LogP contribution in [0.2, 0.25) is 0 Å². The Balaban J connectivity index is 3.29. The zero-order valence-electron chi connectivity index (χ0n) is 5.97. The van der Waals surface area contributed by atoms with Gasteiger partial charge in [-0.15, -0.1) is 0 Å². The second-order valence-electron chi connectivity index (χ2n) is 2.02. The molecule has 1 aromatic rings. The van der Waals surface area contributed by atoms with Crippen LogP contribution in [-0.4, -0.2) is 12.2 Å². The number of halogens is 1. The van der Waals surface area contributed by atoms with E-state index in [1.807, 2.05) is 0 Å². The smallest absolute Gasteiger partial charge is 0.159 e. The number of hydrogen-bond acceptors (Lipinski definition) is 3. The molecule has 0 aromatic heterocycles. The van der Waals surface area contributed by atoms with Gasteiger partial charge in [-0.2, -0.15) is 0 Å². The van der Waals surface area contributed by atoms with Gasteiger partial charge in [0.05, 0.1) is 12.8 Å². The molecule has 3 nitrogen and oxygen atoms in total. The van der Waals surface area contributed by atoms with Crippen LogP contribution < -0.4 is 10.5 Å². The summed E-state index contributed by atoms with van der Waals surface area (Å²) in [4.78, 5) is 0. The van der Waals surface area contributed by atoms with Crippen molar-refractivity contribution in [3.63, 3.8) is 0 Å². The number of nitrogens with two attached hydrogens (primary N) is 1. The van der Waals surface area contributed by atoms with Gasteiger partial charge >= 0.3 is 0 Å². The number of aromatic hydroxyl groups is 1. The van der Waals surface area contributed by atoms with Gasteiger partial charge in [0.15, 0.2) is 5.75 Å². The molecular formula is C7H8BrNO2. The van der Waals surface area contributed by atoms with Gasteiger partial charge in [0, 0.05) is 0 Å². The van der Waals surface area contributed by atoms with Crippen molar-refractivity contribution in [2.75, 3.05) is 12.8 Å². The molecule has 0 saturated heterocycles. The van der Waals surface area contributed by atoms with Crippen LogP contribution in [0.15, 0.2) is 16.6 Å². The molecule has 0 fully saturated rings. The maximum Gasteiger partial charge on any atom is 0.159 e. The highest BCUT2D eigenvalue weighted by Crippen LogP contribution is 2.37. The van der Waals surface area contributed by atoms with Gasteiger partial charge in [-0.05, 0) is 28.1 Å². The summed E-state index contributed by atoms with van der Waals surface area (Å²) in [5, 5.41) is 9.17. The van der Waals surface area contributed by atoms with E-state index < -0.39 is 0 Å². The third kappa shape index (κ3) is 1.40. The Hall–Kier alpha value is -0.900. The Morgan fingerprint density at radius 3 is 2.64 bits per heavy atom. The largest absolute Gasteiger partial charge is 0.507 e. The lowest BCUT2D eigenvalue weighted by molar-refractivity contribution is 0.405. The Morgan fingerprint density at radius 2 is 2.18 bits per heavy atom. The van der Waals surface area contributed by atoms with Crippen LogP contribution in [0, 0.1) is 0 Å². The van der Waals surface area contributed by atoms with E-state index in [4.69, 9.17) is 10.5 Å². The number of benzene rings is 1. The van der Waals surface area contributed by atoms with E-state index in [0.717, 1.165) is 0 Å². The fourth-order valence-corrected chi connectivity index (χ4v) is 1.29. The Labute approximate surface area is 72.9 Å². The number of phenols is 1. The lowest BCUT2D eigenvalue weighted by atomic mass is 10.3. The van der Waals surface area contributed by atoms with Gasteiger partial charge in [-0.25, -0.2) is 0 Å². The highest BCUT2D eigenvalue weighted by atomic mass is 79.9. The van der Waals surface area contributed by atoms with E-state index >= 15 is 0 Å². The number of anilines is 1. The third-order valence-electron chi connectivity index (χ3n) is 1.31. The fourth-order valence-electron chi connectivity index (χ4n) is 0.768. The van der Waals surface area contributed by atoms with Crippen molar-refractivity contribution in [1.29, 1.82) is 0 Å². The van der Waals surface area contributed by atoms with Crippen molar-refractivity contribution in [3.05, 3.63) is 16.6 Å². The second kappa shape index (κ2) is 3.00. The van der Waals surface area contributed by atoms with Gasteiger partial charge in [0.1, 0.15) is 10.2 Å². The zero-order valence-corrected chi connectivity index (χ0v) is 7.55. The molecular weight excluding hydrogens is 210 g/mol. The topological polar surface area (TPSA) is 55.5 Å². The average molecular weight is 218 g/mol. The molecule has 1 rings (SSSR count). The van der Waals surface area contributed by atoms with E-state index in [1.54, 1.807) is 6.07 Å². The molecule has 4 heteroatoms. The molecule has 0 heterocycles. The standard InChI is InChI=1S/C7H8BrNO2/c1-11-7-4(9)2-3-5(10)6(7)8/h2-3,10H,9H2,1H3. The van der Waals surface area contributed by atoms with Crippen molar-refractivity contribution in [1.82, 2.24) is 0 Å². The molecule has 0 spiro atoms. The first kappa shape index (κ1) is 8.20. The summed E-state index contributed by atoms with van der Waals surface area (Å²) in [6.07, 6.45) is 0. The number of rotatable bonds is 1. The SMILES string of the molecule is COc1c(N)ccc(O)c1Br. The van der Waals surface area contributed by atoms with Crippen LogP contribution in [0.5, 0.6) is 11.5 Å². The first-order chi connectivity index (χ1) is 5.16. The molecule has 1 aromatic carbocycles. The fraction of sp³-hybridized carbons (Fsp3) is 0.143. The average Bonchev–Trinajstić information content (AvgIpc) is 1.99. The van der Waals surface area contributed by atoms with Gasteiger partial charge in [0.2, 0.25) is 0 Å². The minimum absolute atomic E-state index is 0.121. The summed E-state index contributed by atoms with van der Waals surface area (Å²) in [5.74, 6) is 0.584. The number of ether oxygens (including phenoxy) is 1. The van der Waals surface area contributed by atoms with Crippen molar-refractivity contribution in [2.24, 2.45) is 0 Å². The number of hydrogen-bond donors (Lipinski definition) is 2. The van der Waals surface area contributed by atoms with Crippen LogP contribution in [-0.2, 0) is 0 Å². The maximum atomic E-state index is 9.17. The van der Waals surface area contributed by atoms with Crippen LogP contribution in [0.1, 0.15) is 0 Å². The predicted octanol–water partition coefficient (Wildman–Crippen LogP) is 1.75. The zero-order chi connectivity index (χ0) is 8.43. The minimum atomic E-state index is 0.121. The Morgan fingerprint density at radius 1 is 1.55 bits per heavy atom. The summed E-state index contributed by atoms with van der Waals surface area (Å²) in [7, 11) is 1.50. The molecule has 0 aliphatic rings. The molecule has 11 heavy (non-hydrogen) atoms. The second-order valence-corrected chi connectivity index (χ2v) is 2.81. The molecule has 0 saturated carbocycles. The lowest BCUT2D eigenvalue weighted by Gasteiger charge is -2.06. The van der Waals surface area contributed by atoms with Gasteiger partial charge in [-0.3, -0.25) is 0 Å². The molecule has 0 atom stereocenters. The van der Waals surface area contributed by atoms with E-state index in [-0.39, 0.29) is 5.75 Å². The molecule has 0 amide bonds. The third-order valence-corrected chi connectivity index (χ3v) is 2.08. The first-order valence-corrected chi connectivity index (χ1v) is 3.77. The van der Waals surface area contributed by atoms with E-state index in [2.05, 4.69) is 15.9 Å². The van der Waals surface area contributed by atoms with E-state index in [0.29, 0.717) is 15.9 Å². The molecule has 60 valence electrons. The molecule has 0 aliphatic heterocycles. The highest BCUT2D eigenvalue weighted by Gasteiger charge is 2.07. The Bertz CT molecular complexity index is 275. The number of methoxy groups -OCH3 is 1. The monoisotopic (exact) mass is 217 g/mol. The summed E-state index contributed by atoms with van der Waals surface area (Å²) < 4.78 is 5.41. The van der Waals surface area contributed by atoms with Gasteiger partial charge < -0.3 is 15.6 Å².